The lowest BCUT2D eigenvalue weighted by molar-refractivity contribution is -0.117. The number of nitrogens with zero attached hydrogens (tertiary/aromatic N) is 3. The van der Waals surface area contributed by atoms with E-state index in [2.05, 4.69) is 48.3 Å². The Morgan fingerprint density at radius 1 is 1.14 bits per heavy atom. The summed E-state index contributed by atoms with van der Waals surface area (Å²) in [5, 5.41) is 7.54. The SMILES string of the molecule is Cc1ccc(-c2nc(OCC(C)C)nn2-c2ccc(NC(=O)C3CC3)cc2)cc1. The highest BCUT2D eigenvalue weighted by Gasteiger charge is 2.29. The second-order valence-corrected chi connectivity index (χ2v) is 8.01. The predicted octanol–water partition coefficient (Wildman–Crippen LogP) is 4.63. The molecule has 1 fully saturated rings. The van der Waals surface area contributed by atoms with Gasteiger partial charge in [0.25, 0.3) is 0 Å². The third kappa shape index (κ3) is 4.65. The Kier molecular flexibility index (Phi) is 5.34. The molecule has 0 radical (unpaired) electrons. The topological polar surface area (TPSA) is 69.0 Å². The van der Waals surface area contributed by atoms with E-state index in [-0.39, 0.29) is 11.8 Å². The third-order valence-electron chi connectivity index (χ3n) is 4.77. The molecule has 3 aromatic rings. The van der Waals surface area contributed by atoms with Gasteiger partial charge >= 0.3 is 6.01 Å². The highest BCUT2D eigenvalue weighted by molar-refractivity contribution is 5.94. The maximum Gasteiger partial charge on any atom is 0.336 e. The van der Waals surface area contributed by atoms with Crippen molar-refractivity contribution in [1.82, 2.24) is 14.8 Å². The Hall–Kier alpha value is -3.15. The number of benzene rings is 2. The van der Waals surface area contributed by atoms with Crippen LogP contribution in [0.15, 0.2) is 48.5 Å². The van der Waals surface area contributed by atoms with Gasteiger partial charge in [-0.25, -0.2) is 4.68 Å². The number of amides is 1. The number of carbonyl (C=O) groups excluding carboxylic acids is 1. The molecule has 1 heterocycles. The molecule has 0 atom stereocenters. The summed E-state index contributed by atoms with van der Waals surface area (Å²) < 4.78 is 7.55. The van der Waals surface area contributed by atoms with Gasteiger partial charge in [0.2, 0.25) is 5.91 Å². The number of rotatable bonds is 7. The van der Waals surface area contributed by atoms with Gasteiger partial charge in [0.1, 0.15) is 0 Å². The minimum absolute atomic E-state index is 0.100. The number of aromatic nitrogens is 3. The summed E-state index contributed by atoms with van der Waals surface area (Å²) in [4.78, 5) is 16.6. The molecular weight excluding hydrogens is 364 g/mol. The lowest BCUT2D eigenvalue weighted by Gasteiger charge is -2.08. The zero-order chi connectivity index (χ0) is 20.4. The summed E-state index contributed by atoms with van der Waals surface area (Å²) in [7, 11) is 0. The van der Waals surface area contributed by atoms with E-state index in [0.717, 1.165) is 35.6 Å². The van der Waals surface area contributed by atoms with Crippen LogP contribution in [-0.2, 0) is 4.79 Å². The van der Waals surface area contributed by atoms with E-state index < -0.39 is 0 Å². The highest BCUT2D eigenvalue weighted by Crippen LogP contribution is 2.30. The van der Waals surface area contributed by atoms with Gasteiger partial charge < -0.3 is 10.1 Å². The maximum atomic E-state index is 12.0. The Balaban J connectivity index is 1.63. The molecule has 1 N–H and O–H groups in total. The second-order valence-electron chi connectivity index (χ2n) is 8.01. The molecule has 2 aromatic carbocycles. The molecule has 1 aliphatic carbocycles. The van der Waals surface area contributed by atoms with Gasteiger partial charge in [-0.2, -0.15) is 4.98 Å². The van der Waals surface area contributed by atoms with Crippen LogP contribution in [0.3, 0.4) is 0 Å². The van der Waals surface area contributed by atoms with Crippen molar-refractivity contribution in [3.8, 4) is 23.1 Å². The molecule has 1 aromatic heterocycles. The fraction of sp³-hybridized carbons (Fsp3) is 0.348. The average molecular weight is 390 g/mol. The number of aryl methyl sites for hydroxylation is 1. The molecule has 1 amide bonds. The summed E-state index contributed by atoms with van der Waals surface area (Å²) in [6.45, 7) is 6.79. The Morgan fingerprint density at radius 2 is 1.83 bits per heavy atom. The lowest BCUT2D eigenvalue weighted by Crippen LogP contribution is -2.13. The molecule has 0 saturated heterocycles. The van der Waals surface area contributed by atoms with E-state index in [1.807, 2.05) is 36.4 Å². The van der Waals surface area contributed by atoms with Gasteiger partial charge in [-0.3, -0.25) is 4.79 Å². The van der Waals surface area contributed by atoms with Crippen molar-refractivity contribution in [2.45, 2.75) is 33.6 Å². The van der Waals surface area contributed by atoms with Gasteiger partial charge in [0, 0.05) is 17.2 Å². The zero-order valence-electron chi connectivity index (χ0n) is 17.1. The number of ether oxygens (including phenoxy) is 1. The summed E-state index contributed by atoms with van der Waals surface area (Å²) in [5.74, 6) is 1.39. The number of carbonyl (C=O) groups is 1. The first-order valence-electron chi connectivity index (χ1n) is 10.1. The number of hydrogen-bond donors (Lipinski definition) is 1. The van der Waals surface area contributed by atoms with Gasteiger partial charge in [0.05, 0.1) is 12.3 Å². The predicted molar refractivity (Wildman–Crippen MR) is 113 cm³/mol. The van der Waals surface area contributed by atoms with Crippen LogP contribution in [0.4, 0.5) is 5.69 Å². The fourth-order valence-corrected chi connectivity index (χ4v) is 2.94. The highest BCUT2D eigenvalue weighted by atomic mass is 16.5. The van der Waals surface area contributed by atoms with Crippen molar-refractivity contribution in [2.24, 2.45) is 11.8 Å². The van der Waals surface area contributed by atoms with Crippen molar-refractivity contribution in [2.75, 3.05) is 11.9 Å². The Morgan fingerprint density at radius 3 is 2.45 bits per heavy atom. The van der Waals surface area contributed by atoms with Crippen molar-refractivity contribution in [1.29, 1.82) is 0 Å². The van der Waals surface area contributed by atoms with Crippen molar-refractivity contribution in [3.05, 3.63) is 54.1 Å². The summed E-state index contributed by atoms with van der Waals surface area (Å²) >= 11 is 0. The van der Waals surface area contributed by atoms with Crippen LogP contribution in [0.5, 0.6) is 6.01 Å². The smallest absolute Gasteiger partial charge is 0.336 e. The normalized spacial score (nSPS) is 13.5. The van der Waals surface area contributed by atoms with Crippen LogP contribution >= 0.6 is 0 Å². The Bertz CT molecular complexity index is 987. The van der Waals surface area contributed by atoms with Crippen LogP contribution in [0.25, 0.3) is 17.1 Å². The van der Waals surface area contributed by atoms with Gasteiger partial charge in [-0.05, 0) is 49.9 Å². The third-order valence-corrected chi connectivity index (χ3v) is 4.77. The van der Waals surface area contributed by atoms with Gasteiger partial charge in [0.15, 0.2) is 5.82 Å². The molecule has 1 saturated carbocycles. The van der Waals surface area contributed by atoms with Crippen LogP contribution in [0.1, 0.15) is 32.3 Å². The molecule has 29 heavy (non-hydrogen) atoms. The average Bonchev–Trinajstić information content (AvgIpc) is 3.48. The quantitative estimate of drug-likeness (QED) is 0.639. The van der Waals surface area contributed by atoms with E-state index in [4.69, 9.17) is 4.74 Å². The van der Waals surface area contributed by atoms with Crippen LogP contribution in [0, 0.1) is 18.8 Å². The zero-order valence-corrected chi connectivity index (χ0v) is 17.1. The molecular formula is C23H26N4O2. The minimum Gasteiger partial charge on any atom is -0.462 e. The monoisotopic (exact) mass is 390 g/mol. The molecule has 0 aliphatic heterocycles. The van der Waals surface area contributed by atoms with Gasteiger partial charge in [-0.15, -0.1) is 5.10 Å². The van der Waals surface area contributed by atoms with E-state index in [9.17, 15) is 4.79 Å². The first kappa shape index (κ1) is 19.2. The van der Waals surface area contributed by atoms with Crippen molar-refractivity contribution >= 4 is 11.6 Å². The summed E-state index contributed by atoms with van der Waals surface area (Å²) in [5.41, 5.74) is 3.80. The van der Waals surface area contributed by atoms with Crippen LogP contribution in [0.2, 0.25) is 0 Å². The standard InChI is InChI=1S/C23H26N4O2/c1-15(2)14-29-23-25-21(17-6-4-16(3)5-7-17)27(26-23)20-12-10-19(11-13-20)24-22(28)18-8-9-18/h4-7,10-13,15,18H,8-9,14H2,1-3H3,(H,24,28). The maximum absolute atomic E-state index is 12.0. The van der Waals surface area contributed by atoms with Crippen LogP contribution < -0.4 is 10.1 Å². The first-order chi connectivity index (χ1) is 14.0. The molecule has 6 heteroatoms. The largest absolute Gasteiger partial charge is 0.462 e. The molecule has 0 bridgehead atoms. The summed E-state index contributed by atoms with van der Waals surface area (Å²) in [6.07, 6.45) is 1.98. The fourth-order valence-electron chi connectivity index (χ4n) is 2.94. The number of anilines is 1. The number of hydrogen-bond acceptors (Lipinski definition) is 4. The van der Waals surface area contributed by atoms with Crippen molar-refractivity contribution in [3.63, 3.8) is 0 Å². The Labute approximate surface area is 170 Å². The lowest BCUT2D eigenvalue weighted by atomic mass is 10.1. The van der Waals surface area contributed by atoms with Crippen LogP contribution in [-0.4, -0.2) is 27.3 Å². The number of nitrogens with one attached hydrogen (secondary N) is 1. The molecule has 0 spiro atoms. The summed E-state index contributed by atoms with van der Waals surface area (Å²) in [6, 6.07) is 16.2. The van der Waals surface area contributed by atoms with E-state index in [1.165, 1.54) is 5.56 Å². The van der Waals surface area contributed by atoms with Crippen molar-refractivity contribution < 1.29 is 9.53 Å². The second kappa shape index (κ2) is 8.07. The van der Waals surface area contributed by atoms with E-state index in [1.54, 1.807) is 4.68 Å². The molecule has 150 valence electrons. The van der Waals surface area contributed by atoms with Gasteiger partial charge in [-0.1, -0.05) is 43.7 Å². The minimum atomic E-state index is 0.100. The van der Waals surface area contributed by atoms with E-state index in [0.29, 0.717) is 18.5 Å². The molecule has 4 rings (SSSR count). The molecule has 0 unspecified atom stereocenters. The van der Waals surface area contributed by atoms with E-state index >= 15 is 0 Å². The molecule has 6 nitrogen and oxygen atoms in total. The first-order valence-corrected chi connectivity index (χ1v) is 10.1. The molecule has 1 aliphatic rings.